The van der Waals surface area contributed by atoms with Gasteiger partial charge in [0, 0.05) is 56.9 Å². The third-order valence-corrected chi connectivity index (χ3v) is 9.33. The van der Waals surface area contributed by atoms with Gasteiger partial charge in [0.05, 0.1) is 6.04 Å². The van der Waals surface area contributed by atoms with E-state index in [1.54, 1.807) is 0 Å². The molecule has 320 valence electrons. The summed E-state index contributed by atoms with van der Waals surface area (Å²) in [5, 5.41) is 58.1. The highest BCUT2D eigenvalue weighted by Crippen LogP contribution is 2.29. The summed E-state index contributed by atoms with van der Waals surface area (Å²) in [5.41, 5.74) is 0. The van der Waals surface area contributed by atoms with Crippen molar-refractivity contribution >= 4 is 65.2 Å². The molecule has 1 saturated carbocycles. The second kappa shape index (κ2) is 25.5. The predicted molar refractivity (Wildman–Crippen MR) is 195 cm³/mol. The molecular formula is C36H55N5O16. The molecule has 4 atom stereocenters. The van der Waals surface area contributed by atoms with E-state index in [0.717, 1.165) is 0 Å². The number of aliphatic carboxylic acids is 5. The Morgan fingerprint density at radius 3 is 1.44 bits per heavy atom. The number of hydrogen-bond donors (Lipinski definition) is 10. The van der Waals surface area contributed by atoms with E-state index in [0.29, 0.717) is 32.2 Å². The van der Waals surface area contributed by atoms with Crippen molar-refractivity contribution in [1.82, 2.24) is 26.6 Å². The molecule has 21 nitrogen and oxygen atoms in total. The Hall–Kier alpha value is -5.63. The molecule has 57 heavy (non-hydrogen) atoms. The van der Waals surface area contributed by atoms with E-state index in [-0.39, 0.29) is 37.5 Å². The van der Waals surface area contributed by atoms with Crippen molar-refractivity contribution in [3.63, 3.8) is 0 Å². The van der Waals surface area contributed by atoms with Gasteiger partial charge in [-0.25, -0.2) is 4.79 Å². The maximum absolute atomic E-state index is 13.3. The van der Waals surface area contributed by atoms with Crippen LogP contribution in [0.4, 0.5) is 0 Å². The zero-order valence-corrected chi connectivity index (χ0v) is 32.1. The number of carboxylic acids is 5. The number of hydrogen-bond acceptors (Lipinski definition) is 11. The van der Waals surface area contributed by atoms with Gasteiger partial charge in [0.1, 0.15) is 18.1 Å². The fourth-order valence-electron chi connectivity index (χ4n) is 6.04. The summed E-state index contributed by atoms with van der Waals surface area (Å²) in [4.78, 5) is 134. The van der Waals surface area contributed by atoms with Crippen LogP contribution < -0.4 is 26.6 Å². The summed E-state index contributed by atoms with van der Waals surface area (Å²) in [5.74, 6) is -11.8. The van der Waals surface area contributed by atoms with Crippen LogP contribution in [0.1, 0.15) is 110 Å². The Morgan fingerprint density at radius 2 is 0.965 bits per heavy atom. The van der Waals surface area contributed by atoms with Crippen molar-refractivity contribution in [3.8, 4) is 0 Å². The first-order valence-electron chi connectivity index (χ1n) is 18.8. The largest absolute Gasteiger partial charge is 0.481 e. The number of Topliss-reactive ketones (excluding diaryl/α,β-unsaturated/α-hetero) is 1. The molecule has 0 heterocycles. The number of ketones is 1. The first-order chi connectivity index (χ1) is 26.7. The van der Waals surface area contributed by atoms with Gasteiger partial charge in [-0.2, -0.15) is 0 Å². The fourth-order valence-corrected chi connectivity index (χ4v) is 6.04. The molecule has 0 aromatic heterocycles. The predicted octanol–water partition coefficient (Wildman–Crippen LogP) is -0.213. The Labute approximate surface area is 328 Å². The number of carboxylic acid groups (broad SMARTS) is 5. The van der Waals surface area contributed by atoms with Crippen LogP contribution in [0, 0.1) is 17.8 Å². The van der Waals surface area contributed by atoms with Crippen LogP contribution in [-0.4, -0.2) is 121 Å². The molecule has 0 saturated heterocycles. The summed E-state index contributed by atoms with van der Waals surface area (Å²) >= 11 is 0. The molecule has 1 rings (SSSR count). The van der Waals surface area contributed by atoms with Crippen LogP contribution in [0.3, 0.4) is 0 Å². The summed E-state index contributed by atoms with van der Waals surface area (Å²) in [6.07, 6.45) is -1.93. The van der Waals surface area contributed by atoms with E-state index >= 15 is 0 Å². The summed E-state index contributed by atoms with van der Waals surface area (Å²) in [7, 11) is 0. The SMILES string of the molecule is CC(C)C(=O)[C@H](CCC(=O)O)NC(=O)[C@H](CCC(=O)O)NC(=O)[C@H](CCC(=O)O)NC(=O)CCC(NC(=O)C1CCC(CNC(=O)CCCC(=O)O)CC1)C(=O)O. The summed E-state index contributed by atoms with van der Waals surface area (Å²) in [6.45, 7) is 3.39. The molecule has 0 aliphatic heterocycles. The van der Waals surface area contributed by atoms with E-state index in [1.165, 1.54) is 13.8 Å². The lowest BCUT2D eigenvalue weighted by molar-refractivity contribution is -0.143. The van der Waals surface area contributed by atoms with Gasteiger partial charge in [-0.3, -0.25) is 47.9 Å². The highest BCUT2D eigenvalue weighted by molar-refractivity contribution is 5.95. The van der Waals surface area contributed by atoms with Gasteiger partial charge in [0.2, 0.25) is 29.5 Å². The van der Waals surface area contributed by atoms with Crippen LogP contribution in [0.5, 0.6) is 0 Å². The lowest BCUT2D eigenvalue weighted by atomic mass is 9.81. The third-order valence-electron chi connectivity index (χ3n) is 9.33. The molecule has 0 radical (unpaired) electrons. The van der Waals surface area contributed by atoms with Crippen LogP contribution in [-0.2, 0) is 52.7 Å². The molecule has 0 aromatic rings. The van der Waals surface area contributed by atoms with E-state index < -0.39 is 140 Å². The molecule has 10 N–H and O–H groups in total. The Bertz CT molecular complexity index is 1480. The third kappa shape index (κ3) is 20.7. The number of nitrogens with one attached hydrogen (secondary N) is 5. The quantitative estimate of drug-likeness (QED) is 0.0488. The molecule has 0 spiro atoms. The molecule has 5 amide bonds. The molecular weight excluding hydrogens is 758 g/mol. The second-order valence-electron chi connectivity index (χ2n) is 14.3. The van der Waals surface area contributed by atoms with Crippen LogP contribution in [0.25, 0.3) is 0 Å². The first-order valence-corrected chi connectivity index (χ1v) is 18.8. The smallest absolute Gasteiger partial charge is 0.326 e. The minimum absolute atomic E-state index is 0.0688. The summed E-state index contributed by atoms with van der Waals surface area (Å²) < 4.78 is 0. The topological polar surface area (TPSA) is 349 Å². The molecule has 1 unspecified atom stereocenters. The zero-order chi connectivity index (χ0) is 43.2. The van der Waals surface area contributed by atoms with Crippen LogP contribution >= 0.6 is 0 Å². The fraction of sp³-hybridized carbons (Fsp3) is 0.694. The average molecular weight is 814 g/mol. The van der Waals surface area contributed by atoms with Crippen molar-refractivity contribution in [1.29, 1.82) is 0 Å². The highest BCUT2D eigenvalue weighted by Gasteiger charge is 2.33. The maximum atomic E-state index is 13.3. The average Bonchev–Trinajstić information content (AvgIpc) is 3.13. The zero-order valence-electron chi connectivity index (χ0n) is 32.1. The standard InChI is InChI=1S/C36H55N5O16/c1-19(2)32(52)22(11-15-29(46)47)39-35(55)24(13-17-31(50)51)40-34(54)23(12-16-30(48)49)38-27(43)14-10-25(36(56)57)41-33(53)21-8-6-20(7-9-21)18-37-26(42)4-3-5-28(44)45/h19-25H,3-18H2,1-2H3,(H,37,42)(H,38,43)(H,39,55)(H,40,54)(H,41,53)(H,44,45)(H,46,47)(H,48,49)(H,50,51)(H,56,57)/t20?,21?,22-,23-,24-,25?/m0/s1. The minimum atomic E-state index is -1.61. The maximum Gasteiger partial charge on any atom is 0.326 e. The van der Waals surface area contributed by atoms with Gasteiger partial charge < -0.3 is 52.1 Å². The van der Waals surface area contributed by atoms with Crippen molar-refractivity contribution in [2.45, 2.75) is 134 Å². The van der Waals surface area contributed by atoms with Crippen molar-refractivity contribution in [2.24, 2.45) is 17.8 Å². The van der Waals surface area contributed by atoms with E-state index in [4.69, 9.17) is 10.2 Å². The number of rotatable bonds is 28. The first kappa shape index (κ1) is 49.4. The Kier molecular flexibility index (Phi) is 22.1. The lowest BCUT2D eigenvalue weighted by Crippen LogP contribution is -2.56. The molecule has 0 bridgehead atoms. The van der Waals surface area contributed by atoms with E-state index in [1.807, 2.05) is 0 Å². The molecule has 1 aliphatic carbocycles. The summed E-state index contributed by atoms with van der Waals surface area (Å²) in [6, 6.07) is -6.01. The Balaban J connectivity index is 2.89. The van der Waals surface area contributed by atoms with Crippen molar-refractivity contribution in [2.75, 3.05) is 6.54 Å². The van der Waals surface area contributed by atoms with Crippen molar-refractivity contribution < 1.29 is 78.3 Å². The monoisotopic (exact) mass is 813 g/mol. The van der Waals surface area contributed by atoms with Gasteiger partial charge in [-0.1, -0.05) is 13.8 Å². The number of amides is 5. The van der Waals surface area contributed by atoms with Gasteiger partial charge in [-0.05, 0) is 63.7 Å². The normalized spacial score (nSPS) is 17.1. The van der Waals surface area contributed by atoms with Gasteiger partial charge >= 0.3 is 29.8 Å². The molecule has 21 heteroatoms. The number of carbonyl (C=O) groups excluding carboxylic acids is 6. The lowest BCUT2D eigenvalue weighted by Gasteiger charge is -2.29. The highest BCUT2D eigenvalue weighted by atomic mass is 16.4. The van der Waals surface area contributed by atoms with Gasteiger partial charge in [-0.15, -0.1) is 0 Å². The van der Waals surface area contributed by atoms with E-state index in [2.05, 4.69) is 26.6 Å². The van der Waals surface area contributed by atoms with Gasteiger partial charge in [0.15, 0.2) is 5.78 Å². The molecule has 0 aromatic carbocycles. The second-order valence-corrected chi connectivity index (χ2v) is 14.3. The van der Waals surface area contributed by atoms with E-state index in [9.17, 15) is 68.1 Å². The Morgan fingerprint density at radius 1 is 0.509 bits per heavy atom. The number of carbonyl (C=O) groups is 11. The van der Waals surface area contributed by atoms with Crippen LogP contribution in [0.2, 0.25) is 0 Å². The molecule has 1 fully saturated rings. The molecule has 1 aliphatic rings. The van der Waals surface area contributed by atoms with Gasteiger partial charge in [0.25, 0.3) is 0 Å². The van der Waals surface area contributed by atoms with Crippen LogP contribution in [0.15, 0.2) is 0 Å². The van der Waals surface area contributed by atoms with Crippen molar-refractivity contribution in [3.05, 3.63) is 0 Å². The minimum Gasteiger partial charge on any atom is -0.481 e.